The standard InChI is InChI=1S/C17H15N3OS2/c1-12-9-16(14-6-2-3-7-15(14)19-12)23-11-17(21)20-18-10-13-5-4-8-22-13/h2-10H,11H2,1H3,(H,20,21)/b18-10+. The van der Waals surface area contributed by atoms with Crippen LogP contribution in [0.4, 0.5) is 0 Å². The second kappa shape index (κ2) is 7.39. The predicted molar refractivity (Wildman–Crippen MR) is 97.3 cm³/mol. The highest BCUT2D eigenvalue weighted by Crippen LogP contribution is 2.27. The third-order valence-electron chi connectivity index (χ3n) is 3.09. The molecule has 0 saturated heterocycles. The minimum Gasteiger partial charge on any atom is -0.272 e. The molecule has 0 saturated carbocycles. The Morgan fingerprint density at radius 3 is 3.04 bits per heavy atom. The molecule has 0 bridgehead atoms. The van der Waals surface area contributed by atoms with Gasteiger partial charge in [-0.15, -0.1) is 23.1 Å². The van der Waals surface area contributed by atoms with Gasteiger partial charge in [0.1, 0.15) is 0 Å². The number of para-hydroxylation sites is 1. The number of thioether (sulfide) groups is 1. The average molecular weight is 341 g/mol. The van der Waals surface area contributed by atoms with Crippen LogP contribution >= 0.6 is 23.1 Å². The van der Waals surface area contributed by atoms with E-state index in [0.29, 0.717) is 5.75 Å². The SMILES string of the molecule is Cc1cc(SCC(=O)N/N=C/c2cccs2)c2ccccc2n1. The number of carbonyl (C=O) groups is 1. The maximum atomic E-state index is 11.9. The van der Waals surface area contributed by atoms with Crippen LogP contribution in [0, 0.1) is 6.92 Å². The molecule has 3 aromatic rings. The molecule has 6 heteroatoms. The molecule has 1 N–H and O–H groups in total. The highest BCUT2D eigenvalue weighted by Gasteiger charge is 2.07. The van der Waals surface area contributed by atoms with Gasteiger partial charge in [-0.25, -0.2) is 5.43 Å². The van der Waals surface area contributed by atoms with Crippen LogP contribution in [0.3, 0.4) is 0 Å². The van der Waals surface area contributed by atoms with E-state index >= 15 is 0 Å². The van der Waals surface area contributed by atoms with Crippen LogP contribution in [-0.2, 0) is 4.79 Å². The molecule has 0 aliphatic heterocycles. The first-order valence-corrected chi connectivity index (χ1v) is 8.93. The van der Waals surface area contributed by atoms with Gasteiger partial charge in [-0.05, 0) is 30.5 Å². The molecule has 0 aliphatic rings. The smallest absolute Gasteiger partial charge is 0.250 e. The molecule has 3 rings (SSSR count). The van der Waals surface area contributed by atoms with Crippen molar-refractivity contribution in [3.05, 3.63) is 58.4 Å². The number of fused-ring (bicyclic) bond motifs is 1. The third-order valence-corrected chi connectivity index (χ3v) is 4.95. The van der Waals surface area contributed by atoms with Gasteiger partial charge in [0.05, 0.1) is 17.5 Å². The maximum absolute atomic E-state index is 11.9. The fraction of sp³-hybridized carbons (Fsp3) is 0.118. The number of nitrogens with zero attached hydrogens (tertiary/aromatic N) is 2. The van der Waals surface area contributed by atoms with Gasteiger partial charge in [-0.3, -0.25) is 9.78 Å². The molecular formula is C17H15N3OS2. The van der Waals surface area contributed by atoms with Crippen LogP contribution < -0.4 is 5.43 Å². The van der Waals surface area contributed by atoms with E-state index < -0.39 is 0 Å². The molecule has 0 unspecified atom stereocenters. The van der Waals surface area contributed by atoms with Gasteiger partial charge < -0.3 is 0 Å². The van der Waals surface area contributed by atoms with Gasteiger partial charge in [0.2, 0.25) is 5.91 Å². The summed E-state index contributed by atoms with van der Waals surface area (Å²) in [7, 11) is 0. The van der Waals surface area contributed by atoms with E-state index in [9.17, 15) is 4.79 Å². The molecule has 0 fully saturated rings. The third kappa shape index (κ3) is 4.18. The Bertz CT molecular complexity index is 844. The summed E-state index contributed by atoms with van der Waals surface area (Å²) in [6.07, 6.45) is 1.65. The lowest BCUT2D eigenvalue weighted by molar-refractivity contribution is -0.118. The Labute approximate surface area is 142 Å². The number of hydrogen-bond donors (Lipinski definition) is 1. The Hall–Kier alpha value is -2.18. The summed E-state index contributed by atoms with van der Waals surface area (Å²) < 4.78 is 0. The van der Waals surface area contributed by atoms with E-state index in [1.807, 2.05) is 54.8 Å². The van der Waals surface area contributed by atoms with Crippen LogP contribution in [0.2, 0.25) is 0 Å². The number of benzene rings is 1. The molecule has 23 heavy (non-hydrogen) atoms. The fourth-order valence-corrected chi connectivity index (χ4v) is 3.61. The quantitative estimate of drug-likeness (QED) is 0.436. The fourth-order valence-electron chi connectivity index (χ4n) is 2.10. The topological polar surface area (TPSA) is 54.4 Å². The first-order valence-electron chi connectivity index (χ1n) is 7.07. The Balaban J connectivity index is 1.63. The summed E-state index contributed by atoms with van der Waals surface area (Å²) in [5.74, 6) is 0.191. The van der Waals surface area contributed by atoms with Crippen molar-refractivity contribution in [1.29, 1.82) is 0 Å². The molecule has 0 radical (unpaired) electrons. The summed E-state index contributed by atoms with van der Waals surface area (Å²) in [6.45, 7) is 1.96. The van der Waals surface area contributed by atoms with Crippen molar-refractivity contribution < 1.29 is 4.79 Å². The molecule has 1 amide bonds. The van der Waals surface area contributed by atoms with Crippen LogP contribution in [0.15, 0.2) is 57.8 Å². The zero-order chi connectivity index (χ0) is 16.1. The van der Waals surface area contributed by atoms with Crippen LogP contribution in [-0.4, -0.2) is 22.9 Å². The van der Waals surface area contributed by atoms with Crippen molar-refractivity contribution in [2.24, 2.45) is 5.10 Å². The maximum Gasteiger partial charge on any atom is 0.250 e. The summed E-state index contributed by atoms with van der Waals surface area (Å²) in [6, 6.07) is 13.9. The van der Waals surface area contributed by atoms with Crippen LogP contribution in [0.1, 0.15) is 10.6 Å². The zero-order valence-corrected chi connectivity index (χ0v) is 14.2. The molecule has 0 aliphatic carbocycles. The number of aryl methyl sites for hydroxylation is 1. The molecule has 2 aromatic heterocycles. The Kier molecular flexibility index (Phi) is 5.05. The first-order chi connectivity index (χ1) is 11.2. The number of rotatable bonds is 5. The van der Waals surface area contributed by atoms with E-state index in [2.05, 4.69) is 15.5 Å². The number of nitrogens with one attached hydrogen (secondary N) is 1. The van der Waals surface area contributed by atoms with E-state index in [-0.39, 0.29) is 5.91 Å². The lowest BCUT2D eigenvalue weighted by atomic mass is 10.2. The van der Waals surface area contributed by atoms with Crippen molar-refractivity contribution in [3.63, 3.8) is 0 Å². The van der Waals surface area contributed by atoms with Crippen molar-refractivity contribution in [2.45, 2.75) is 11.8 Å². The molecule has 1 aromatic carbocycles. The monoisotopic (exact) mass is 341 g/mol. The van der Waals surface area contributed by atoms with E-state index in [1.165, 1.54) is 11.8 Å². The number of pyridine rings is 1. The summed E-state index contributed by atoms with van der Waals surface area (Å²) in [5, 5.41) is 7.00. The number of hydrogen-bond acceptors (Lipinski definition) is 5. The van der Waals surface area contributed by atoms with Gasteiger partial charge in [-0.1, -0.05) is 24.3 Å². The largest absolute Gasteiger partial charge is 0.272 e. The highest BCUT2D eigenvalue weighted by atomic mass is 32.2. The highest BCUT2D eigenvalue weighted by molar-refractivity contribution is 8.00. The van der Waals surface area contributed by atoms with Gasteiger partial charge >= 0.3 is 0 Å². The number of carbonyl (C=O) groups excluding carboxylic acids is 1. The number of amides is 1. The molecule has 0 spiro atoms. The molecular weight excluding hydrogens is 326 g/mol. The summed E-state index contributed by atoms with van der Waals surface area (Å²) >= 11 is 3.07. The van der Waals surface area contributed by atoms with Crippen LogP contribution in [0.5, 0.6) is 0 Å². The number of aromatic nitrogens is 1. The molecule has 2 heterocycles. The van der Waals surface area contributed by atoms with Gasteiger partial charge in [0.25, 0.3) is 0 Å². The van der Waals surface area contributed by atoms with E-state index in [0.717, 1.165) is 26.4 Å². The van der Waals surface area contributed by atoms with Gasteiger partial charge in [0, 0.05) is 20.9 Å². The van der Waals surface area contributed by atoms with Gasteiger partial charge in [0.15, 0.2) is 0 Å². The zero-order valence-electron chi connectivity index (χ0n) is 12.5. The van der Waals surface area contributed by atoms with Gasteiger partial charge in [-0.2, -0.15) is 5.10 Å². The number of thiophene rings is 1. The summed E-state index contributed by atoms with van der Waals surface area (Å²) in [5.41, 5.74) is 4.45. The Morgan fingerprint density at radius 1 is 1.35 bits per heavy atom. The lowest BCUT2D eigenvalue weighted by Gasteiger charge is -2.07. The van der Waals surface area contributed by atoms with E-state index in [4.69, 9.17) is 0 Å². The number of hydrazone groups is 1. The van der Waals surface area contributed by atoms with Crippen molar-refractivity contribution in [3.8, 4) is 0 Å². The van der Waals surface area contributed by atoms with Crippen LogP contribution in [0.25, 0.3) is 10.9 Å². The predicted octanol–water partition coefficient (Wildman–Crippen LogP) is 3.85. The second-order valence-electron chi connectivity index (χ2n) is 4.88. The van der Waals surface area contributed by atoms with Crippen molar-refractivity contribution >= 4 is 46.1 Å². The van der Waals surface area contributed by atoms with E-state index in [1.54, 1.807) is 17.6 Å². The average Bonchev–Trinajstić information content (AvgIpc) is 3.06. The Morgan fingerprint density at radius 2 is 2.22 bits per heavy atom. The van der Waals surface area contributed by atoms with Crippen molar-refractivity contribution in [2.75, 3.05) is 5.75 Å². The molecule has 4 nitrogen and oxygen atoms in total. The normalized spacial score (nSPS) is 11.2. The molecule has 116 valence electrons. The summed E-state index contributed by atoms with van der Waals surface area (Å²) in [4.78, 5) is 18.5. The first kappa shape index (κ1) is 15.7. The van der Waals surface area contributed by atoms with Crippen molar-refractivity contribution in [1.82, 2.24) is 10.4 Å². The lowest BCUT2D eigenvalue weighted by Crippen LogP contribution is -2.19. The second-order valence-corrected chi connectivity index (χ2v) is 6.87. The molecule has 0 atom stereocenters. The minimum atomic E-state index is -0.124. The minimum absolute atomic E-state index is 0.124.